The van der Waals surface area contributed by atoms with Crippen molar-refractivity contribution in [1.82, 2.24) is 0 Å². The second-order valence-electron chi connectivity index (χ2n) is 2.31. The minimum atomic E-state index is -0.689. The number of halogens is 1. The minimum Gasteiger partial charge on any atom is -0.360 e. The summed E-state index contributed by atoms with van der Waals surface area (Å²) in [6, 6.07) is 0. The Kier molecular flexibility index (Phi) is 2.14. The summed E-state index contributed by atoms with van der Waals surface area (Å²) in [5, 5.41) is 0.729. The van der Waals surface area contributed by atoms with Crippen LogP contribution in [0.3, 0.4) is 0 Å². The molecule has 0 radical (unpaired) electrons. The number of hydrogen-bond acceptors (Lipinski definition) is 2. The zero-order chi connectivity index (χ0) is 7.61. The van der Waals surface area contributed by atoms with Gasteiger partial charge in [0, 0.05) is 18.6 Å². The highest BCUT2D eigenvalue weighted by molar-refractivity contribution is 6.29. The number of methoxy groups -OCH3 is 1. The largest absolute Gasteiger partial charge is 0.360 e. The number of rotatable bonds is 1. The van der Waals surface area contributed by atoms with Crippen molar-refractivity contribution in [3.05, 3.63) is 23.3 Å². The van der Waals surface area contributed by atoms with Gasteiger partial charge in [0.2, 0.25) is 0 Å². The Morgan fingerprint density at radius 2 is 2.50 bits per heavy atom. The van der Waals surface area contributed by atoms with E-state index in [1.807, 2.05) is 6.08 Å². The van der Waals surface area contributed by atoms with Crippen LogP contribution in [0, 0.1) is 0 Å². The van der Waals surface area contributed by atoms with E-state index in [2.05, 4.69) is 0 Å². The van der Waals surface area contributed by atoms with Crippen LogP contribution in [0.1, 0.15) is 6.42 Å². The Morgan fingerprint density at radius 3 is 2.90 bits per heavy atom. The Bertz CT molecular complexity index is 188. The van der Waals surface area contributed by atoms with Crippen LogP contribution in [0.25, 0.3) is 0 Å². The van der Waals surface area contributed by atoms with Crippen LogP contribution in [0.4, 0.5) is 0 Å². The fourth-order valence-corrected chi connectivity index (χ4v) is 1.12. The summed E-state index contributed by atoms with van der Waals surface area (Å²) in [4.78, 5) is 0. The SMILES string of the molecule is COC1(N)C=CC=C(Cl)C1. The van der Waals surface area contributed by atoms with E-state index >= 15 is 0 Å². The van der Waals surface area contributed by atoms with Crippen LogP contribution in [0.2, 0.25) is 0 Å². The molecule has 1 rings (SSSR count). The molecular weight excluding hydrogens is 150 g/mol. The average Bonchev–Trinajstić information content (AvgIpc) is 1.88. The van der Waals surface area contributed by atoms with Crippen LogP contribution in [-0.4, -0.2) is 12.8 Å². The second kappa shape index (κ2) is 2.74. The Balaban J connectivity index is 2.71. The minimum absolute atomic E-state index is 0.557. The topological polar surface area (TPSA) is 35.2 Å². The molecule has 0 aliphatic heterocycles. The smallest absolute Gasteiger partial charge is 0.140 e. The molecule has 0 heterocycles. The molecule has 2 nitrogen and oxygen atoms in total. The van der Waals surface area contributed by atoms with E-state index in [9.17, 15) is 0 Å². The summed E-state index contributed by atoms with van der Waals surface area (Å²) in [6.07, 6.45) is 5.96. The first-order valence-electron chi connectivity index (χ1n) is 3.04. The number of ether oxygens (including phenoxy) is 1. The van der Waals surface area contributed by atoms with Gasteiger partial charge in [-0.15, -0.1) is 0 Å². The molecule has 1 aliphatic carbocycles. The van der Waals surface area contributed by atoms with Crippen LogP contribution in [0.15, 0.2) is 23.3 Å². The number of hydrogen-bond donors (Lipinski definition) is 1. The quantitative estimate of drug-likeness (QED) is 0.587. The van der Waals surface area contributed by atoms with Gasteiger partial charge in [0.1, 0.15) is 5.72 Å². The fraction of sp³-hybridized carbons (Fsp3) is 0.429. The zero-order valence-corrected chi connectivity index (χ0v) is 6.56. The summed E-state index contributed by atoms with van der Waals surface area (Å²) in [7, 11) is 1.57. The Hall–Kier alpha value is -0.310. The van der Waals surface area contributed by atoms with Crippen LogP contribution in [0.5, 0.6) is 0 Å². The lowest BCUT2D eigenvalue weighted by Crippen LogP contribution is -2.40. The van der Waals surface area contributed by atoms with Crippen molar-refractivity contribution < 1.29 is 4.74 Å². The summed E-state index contributed by atoms with van der Waals surface area (Å²) >= 11 is 5.73. The molecule has 0 saturated heterocycles. The van der Waals surface area contributed by atoms with Gasteiger partial charge in [-0.1, -0.05) is 17.7 Å². The molecular formula is C7H10ClNO. The molecule has 0 aromatic carbocycles. The van der Waals surface area contributed by atoms with Gasteiger partial charge in [-0.3, -0.25) is 5.73 Å². The lowest BCUT2D eigenvalue weighted by Gasteiger charge is -2.25. The maximum absolute atomic E-state index is 5.73. The summed E-state index contributed by atoms with van der Waals surface area (Å²) < 4.78 is 5.01. The molecule has 1 aliphatic rings. The standard InChI is InChI=1S/C7H10ClNO/c1-10-7(9)4-2-3-6(8)5-7/h2-4H,5,9H2,1H3. The number of nitrogens with two attached hydrogens (primary N) is 1. The molecule has 0 aromatic rings. The third kappa shape index (κ3) is 1.59. The lowest BCUT2D eigenvalue weighted by molar-refractivity contribution is 0.0387. The third-order valence-corrected chi connectivity index (χ3v) is 1.74. The molecule has 3 heteroatoms. The van der Waals surface area contributed by atoms with Crippen molar-refractivity contribution >= 4 is 11.6 Å². The Morgan fingerprint density at radius 1 is 1.80 bits per heavy atom. The van der Waals surface area contributed by atoms with Crippen molar-refractivity contribution in [3.63, 3.8) is 0 Å². The van der Waals surface area contributed by atoms with Gasteiger partial charge in [-0.2, -0.15) is 0 Å². The molecule has 0 saturated carbocycles. The van der Waals surface area contributed by atoms with E-state index in [1.165, 1.54) is 0 Å². The Labute approximate surface area is 65.3 Å². The molecule has 0 amide bonds. The molecule has 2 N–H and O–H groups in total. The van der Waals surface area contributed by atoms with Gasteiger partial charge in [-0.05, 0) is 12.2 Å². The van der Waals surface area contributed by atoms with Crippen molar-refractivity contribution in [2.24, 2.45) is 5.73 Å². The van der Waals surface area contributed by atoms with Gasteiger partial charge in [0.15, 0.2) is 0 Å². The molecule has 0 aromatic heterocycles. The summed E-state index contributed by atoms with van der Waals surface area (Å²) in [6.45, 7) is 0. The van der Waals surface area contributed by atoms with E-state index in [0.717, 1.165) is 5.03 Å². The average molecular weight is 160 g/mol. The third-order valence-electron chi connectivity index (χ3n) is 1.48. The van der Waals surface area contributed by atoms with E-state index in [0.29, 0.717) is 6.42 Å². The lowest BCUT2D eigenvalue weighted by atomic mass is 10.1. The van der Waals surface area contributed by atoms with Crippen molar-refractivity contribution in [1.29, 1.82) is 0 Å². The first kappa shape index (κ1) is 7.79. The first-order valence-corrected chi connectivity index (χ1v) is 3.42. The number of allylic oxidation sites excluding steroid dienone is 2. The second-order valence-corrected chi connectivity index (χ2v) is 2.79. The van der Waals surface area contributed by atoms with Crippen LogP contribution >= 0.6 is 11.6 Å². The fourth-order valence-electron chi connectivity index (χ4n) is 0.837. The van der Waals surface area contributed by atoms with Crippen LogP contribution < -0.4 is 5.73 Å². The molecule has 0 spiro atoms. The van der Waals surface area contributed by atoms with Gasteiger partial charge in [-0.25, -0.2) is 0 Å². The molecule has 1 unspecified atom stereocenters. The van der Waals surface area contributed by atoms with E-state index in [4.69, 9.17) is 22.1 Å². The van der Waals surface area contributed by atoms with Gasteiger partial charge in [0.25, 0.3) is 0 Å². The van der Waals surface area contributed by atoms with E-state index in [-0.39, 0.29) is 0 Å². The highest BCUT2D eigenvalue weighted by atomic mass is 35.5. The van der Waals surface area contributed by atoms with Crippen molar-refractivity contribution in [2.75, 3.05) is 7.11 Å². The molecule has 10 heavy (non-hydrogen) atoms. The molecule has 0 fully saturated rings. The predicted octanol–water partition coefficient (Wildman–Crippen LogP) is 1.37. The summed E-state index contributed by atoms with van der Waals surface area (Å²) in [5.74, 6) is 0. The highest BCUT2D eigenvalue weighted by Crippen LogP contribution is 2.23. The van der Waals surface area contributed by atoms with Gasteiger partial charge >= 0.3 is 0 Å². The van der Waals surface area contributed by atoms with E-state index < -0.39 is 5.72 Å². The molecule has 0 bridgehead atoms. The monoisotopic (exact) mass is 159 g/mol. The zero-order valence-electron chi connectivity index (χ0n) is 5.80. The van der Waals surface area contributed by atoms with Crippen molar-refractivity contribution in [2.45, 2.75) is 12.1 Å². The highest BCUT2D eigenvalue weighted by Gasteiger charge is 2.23. The van der Waals surface area contributed by atoms with Gasteiger partial charge in [0.05, 0.1) is 0 Å². The normalized spacial score (nSPS) is 32.1. The first-order chi connectivity index (χ1) is 4.66. The molecule has 56 valence electrons. The molecule has 1 atom stereocenters. The maximum atomic E-state index is 5.73. The van der Waals surface area contributed by atoms with Crippen LogP contribution in [-0.2, 0) is 4.74 Å². The van der Waals surface area contributed by atoms with Crippen molar-refractivity contribution in [3.8, 4) is 0 Å². The van der Waals surface area contributed by atoms with E-state index in [1.54, 1.807) is 19.3 Å². The van der Waals surface area contributed by atoms with Gasteiger partial charge < -0.3 is 4.74 Å². The maximum Gasteiger partial charge on any atom is 0.140 e. The predicted molar refractivity (Wildman–Crippen MR) is 41.6 cm³/mol. The summed E-state index contributed by atoms with van der Waals surface area (Å²) in [5.41, 5.74) is 5.03.